The van der Waals surface area contributed by atoms with Crippen LogP contribution in [-0.2, 0) is 9.53 Å². The Kier molecular flexibility index (Phi) is 5.80. The van der Waals surface area contributed by atoms with E-state index in [1.807, 2.05) is 19.9 Å². The average molecular weight is 317 g/mol. The summed E-state index contributed by atoms with van der Waals surface area (Å²) in [7, 11) is 0. The summed E-state index contributed by atoms with van der Waals surface area (Å²) in [5, 5.41) is 3.01. The molecule has 4 nitrogen and oxygen atoms in total. The van der Waals surface area contributed by atoms with Gasteiger partial charge in [0.25, 0.3) is 5.91 Å². The molecule has 0 saturated heterocycles. The molecule has 2 rings (SSSR count). The SMILES string of the molecule is Cc1ccc(C(=O)OCC(=O)N[C@@H]2CCC[C@H](C)[C@@H]2C)cc1C. The summed E-state index contributed by atoms with van der Waals surface area (Å²) in [4.78, 5) is 24.1. The maximum absolute atomic E-state index is 12.0. The number of nitrogens with one attached hydrogen (secondary N) is 1. The molecule has 126 valence electrons. The number of benzene rings is 1. The normalized spacial score (nSPS) is 24.1. The largest absolute Gasteiger partial charge is 0.452 e. The van der Waals surface area contributed by atoms with Gasteiger partial charge in [0.15, 0.2) is 6.61 Å². The summed E-state index contributed by atoms with van der Waals surface area (Å²) in [6, 6.07) is 5.59. The third-order valence-corrected chi connectivity index (χ3v) is 5.13. The maximum Gasteiger partial charge on any atom is 0.338 e. The highest BCUT2D eigenvalue weighted by atomic mass is 16.5. The standard InChI is InChI=1S/C19H27NO3/c1-12-8-9-16(10-14(12)3)19(22)23-11-18(21)20-17-7-5-6-13(2)15(17)4/h8-10,13,15,17H,5-7,11H2,1-4H3,(H,20,21)/t13-,15-,17+/m0/s1. The van der Waals surface area contributed by atoms with Crippen molar-refractivity contribution < 1.29 is 14.3 Å². The van der Waals surface area contributed by atoms with Crippen molar-refractivity contribution in [1.82, 2.24) is 5.32 Å². The molecule has 0 radical (unpaired) electrons. The molecule has 3 atom stereocenters. The van der Waals surface area contributed by atoms with Crippen LogP contribution in [0.2, 0.25) is 0 Å². The first kappa shape index (κ1) is 17.5. The molecule has 1 aliphatic rings. The van der Waals surface area contributed by atoms with E-state index >= 15 is 0 Å². The summed E-state index contributed by atoms with van der Waals surface area (Å²) in [6.45, 7) is 8.12. The third-order valence-electron chi connectivity index (χ3n) is 5.13. The number of hydrogen-bond acceptors (Lipinski definition) is 3. The topological polar surface area (TPSA) is 55.4 Å². The van der Waals surface area contributed by atoms with Crippen LogP contribution in [-0.4, -0.2) is 24.5 Å². The van der Waals surface area contributed by atoms with Crippen molar-refractivity contribution in [1.29, 1.82) is 0 Å². The van der Waals surface area contributed by atoms with Crippen LogP contribution in [0.15, 0.2) is 18.2 Å². The van der Waals surface area contributed by atoms with E-state index in [9.17, 15) is 9.59 Å². The summed E-state index contributed by atoms with van der Waals surface area (Å²) in [6.07, 6.45) is 3.36. The van der Waals surface area contributed by atoms with E-state index in [4.69, 9.17) is 4.74 Å². The van der Waals surface area contributed by atoms with E-state index in [0.29, 0.717) is 17.4 Å². The fourth-order valence-corrected chi connectivity index (χ4v) is 3.12. The molecular formula is C19H27NO3. The fraction of sp³-hybridized carbons (Fsp3) is 0.579. The molecular weight excluding hydrogens is 290 g/mol. The number of ether oxygens (including phenoxy) is 1. The Hall–Kier alpha value is -1.84. The lowest BCUT2D eigenvalue weighted by atomic mass is 9.78. The summed E-state index contributed by atoms with van der Waals surface area (Å²) in [5.41, 5.74) is 2.65. The highest BCUT2D eigenvalue weighted by Gasteiger charge is 2.28. The van der Waals surface area contributed by atoms with Gasteiger partial charge in [0.05, 0.1) is 5.56 Å². The Morgan fingerprint density at radius 2 is 1.91 bits per heavy atom. The van der Waals surface area contributed by atoms with Crippen LogP contribution in [0, 0.1) is 25.7 Å². The zero-order valence-electron chi connectivity index (χ0n) is 14.5. The van der Waals surface area contributed by atoms with Gasteiger partial charge in [-0.15, -0.1) is 0 Å². The third kappa shape index (κ3) is 4.57. The Morgan fingerprint density at radius 3 is 2.61 bits per heavy atom. The van der Waals surface area contributed by atoms with E-state index in [1.54, 1.807) is 12.1 Å². The van der Waals surface area contributed by atoms with Gasteiger partial charge in [-0.2, -0.15) is 0 Å². The Labute approximate surface area is 138 Å². The van der Waals surface area contributed by atoms with E-state index in [0.717, 1.165) is 24.0 Å². The molecule has 1 amide bonds. The molecule has 1 saturated carbocycles. The molecule has 1 aliphatic carbocycles. The van der Waals surface area contributed by atoms with Crippen molar-refractivity contribution in [2.24, 2.45) is 11.8 Å². The number of carbonyl (C=O) groups excluding carboxylic acids is 2. The van der Waals surface area contributed by atoms with E-state index < -0.39 is 5.97 Å². The minimum Gasteiger partial charge on any atom is -0.452 e. The lowest BCUT2D eigenvalue weighted by molar-refractivity contribution is -0.125. The van der Waals surface area contributed by atoms with E-state index in [2.05, 4.69) is 19.2 Å². The highest BCUT2D eigenvalue weighted by Crippen LogP contribution is 2.29. The summed E-state index contributed by atoms with van der Waals surface area (Å²) >= 11 is 0. The van der Waals surface area contributed by atoms with Crippen LogP contribution in [0.4, 0.5) is 0 Å². The quantitative estimate of drug-likeness (QED) is 0.866. The number of rotatable bonds is 4. The van der Waals surface area contributed by atoms with Crippen LogP contribution >= 0.6 is 0 Å². The zero-order valence-corrected chi connectivity index (χ0v) is 14.5. The first-order valence-corrected chi connectivity index (χ1v) is 8.42. The molecule has 0 aromatic heterocycles. The van der Waals surface area contributed by atoms with Gasteiger partial charge in [-0.1, -0.05) is 32.8 Å². The predicted octanol–water partition coefficient (Wildman–Crippen LogP) is 3.40. The fourth-order valence-electron chi connectivity index (χ4n) is 3.12. The van der Waals surface area contributed by atoms with Crippen LogP contribution in [0.25, 0.3) is 0 Å². The van der Waals surface area contributed by atoms with Crippen LogP contribution < -0.4 is 5.32 Å². The molecule has 0 aliphatic heterocycles. The molecule has 0 unspecified atom stereocenters. The van der Waals surface area contributed by atoms with E-state index in [1.165, 1.54) is 6.42 Å². The van der Waals surface area contributed by atoms with Crippen molar-refractivity contribution in [2.45, 2.75) is 53.0 Å². The second-order valence-corrected chi connectivity index (χ2v) is 6.82. The molecule has 4 heteroatoms. The number of hydrogen-bond donors (Lipinski definition) is 1. The second kappa shape index (κ2) is 7.62. The van der Waals surface area contributed by atoms with Crippen molar-refractivity contribution in [3.8, 4) is 0 Å². The van der Waals surface area contributed by atoms with Gasteiger partial charge in [-0.05, 0) is 55.4 Å². The molecule has 0 heterocycles. The number of amides is 1. The minimum absolute atomic E-state index is 0.187. The first-order chi connectivity index (χ1) is 10.9. The first-order valence-electron chi connectivity index (χ1n) is 8.42. The van der Waals surface area contributed by atoms with Crippen molar-refractivity contribution in [3.63, 3.8) is 0 Å². The minimum atomic E-state index is -0.451. The van der Waals surface area contributed by atoms with E-state index in [-0.39, 0.29) is 18.6 Å². The number of carbonyl (C=O) groups is 2. The predicted molar refractivity (Wildman–Crippen MR) is 90.3 cm³/mol. The van der Waals surface area contributed by atoms with Gasteiger partial charge in [-0.25, -0.2) is 4.79 Å². The van der Waals surface area contributed by atoms with Gasteiger partial charge < -0.3 is 10.1 Å². The second-order valence-electron chi connectivity index (χ2n) is 6.82. The van der Waals surface area contributed by atoms with Gasteiger partial charge in [0, 0.05) is 6.04 Å². The lowest BCUT2D eigenvalue weighted by Crippen LogP contribution is -2.45. The van der Waals surface area contributed by atoms with Crippen molar-refractivity contribution >= 4 is 11.9 Å². The highest BCUT2D eigenvalue weighted by molar-refractivity contribution is 5.91. The Morgan fingerprint density at radius 1 is 1.17 bits per heavy atom. The van der Waals surface area contributed by atoms with Gasteiger partial charge in [0.2, 0.25) is 0 Å². The molecule has 23 heavy (non-hydrogen) atoms. The number of esters is 1. The van der Waals surface area contributed by atoms with Crippen molar-refractivity contribution in [2.75, 3.05) is 6.61 Å². The summed E-state index contributed by atoms with van der Waals surface area (Å²) in [5.74, 6) is 0.414. The van der Waals surface area contributed by atoms with Crippen LogP contribution in [0.5, 0.6) is 0 Å². The monoisotopic (exact) mass is 317 g/mol. The van der Waals surface area contributed by atoms with Crippen LogP contribution in [0.3, 0.4) is 0 Å². The summed E-state index contributed by atoms with van der Waals surface area (Å²) < 4.78 is 5.14. The molecule has 1 N–H and O–H groups in total. The van der Waals surface area contributed by atoms with Gasteiger partial charge in [-0.3, -0.25) is 4.79 Å². The smallest absolute Gasteiger partial charge is 0.338 e. The molecule has 1 fully saturated rings. The molecule has 0 spiro atoms. The molecule has 1 aromatic rings. The number of aryl methyl sites for hydroxylation is 2. The molecule has 0 bridgehead atoms. The Bertz CT molecular complexity index is 582. The van der Waals surface area contributed by atoms with Crippen molar-refractivity contribution in [3.05, 3.63) is 34.9 Å². The Balaban J connectivity index is 1.84. The lowest BCUT2D eigenvalue weighted by Gasteiger charge is -2.34. The van der Waals surface area contributed by atoms with Gasteiger partial charge in [0.1, 0.15) is 0 Å². The van der Waals surface area contributed by atoms with Crippen LogP contribution in [0.1, 0.15) is 54.6 Å². The molecule has 1 aromatic carbocycles. The zero-order chi connectivity index (χ0) is 17.0. The van der Waals surface area contributed by atoms with Gasteiger partial charge >= 0.3 is 5.97 Å². The maximum atomic E-state index is 12.0. The average Bonchev–Trinajstić information content (AvgIpc) is 2.52.